The van der Waals surface area contributed by atoms with Crippen LogP contribution in [-0.2, 0) is 4.79 Å². The summed E-state index contributed by atoms with van der Waals surface area (Å²) in [6, 6.07) is 19.7. The Bertz CT molecular complexity index is 1280. The average Bonchev–Trinajstić information content (AvgIpc) is 2.80. The Morgan fingerprint density at radius 1 is 1.18 bits per heavy atom. The van der Waals surface area contributed by atoms with Crippen LogP contribution in [0.1, 0.15) is 24.0 Å². The lowest BCUT2D eigenvalue weighted by Gasteiger charge is -2.26. The first-order valence-electron chi connectivity index (χ1n) is 9.97. The molecule has 1 aliphatic rings. The number of hydrogen-bond acceptors (Lipinski definition) is 6. The fourth-order valence-corrected chi connectivity index (χ4v) is 3.60. The number of benzene rings is 3. The third-order valence-corrected chi connectivity index (χ3v) is 5.34. The maximum Gasteiger partial charge on any atom is 0.352 e. The van der Waals surface area contributed by atoms with E-state index < -0.39 is 23.8 Å². The van der Waals surface area contributed by atoms with Crippen LogP contribution in [0.15, 0.2) is 78.2 Å². The molecule has 166 valence electrons. The molecule has 0 spiro atoms. The number of allylic oxidation sites excluding steroid dienone is 1. The van der Waals surface area contributed by atoms with E-state index in [4.69, 9.17) is 31.5 Å². The molecule has 6 nitrogen and oxygen atoms in total. The van der Waals surface area contributed by atoms with Gasteiger partial charge in [-0.05, 0) is 42.8 Å². The first-order chi connectivity index (χ1) is 15.9. The van der Waals surface area contributed by atoms with E-state index in [9.17, 15) is 14.4 Å². The predicted molar refractivity (Wildman–Crippen MR) is 119 cm³/mol. The number of ether oxygens (including phenoxy) is 3. The van der Waals surface area contributed by atoms with Gasteiger partial charge >= 0.3 is 5.97 Å². The number of carbonyl (C=O) groups excluding carboxylic acids is 1. The van der Waals surface area contributed by atoms with E-state index in [1.165, 1.54) is 31.2 Å². The summed E-state index contributed by atoms with van der Waals surface area (Å²) in [5, 5.41) is 10.2. The maximum atomic E-state index is 13.8. The molecule has 0 fully saturated rings. The van der Waals surface area contributed by atoms with Crippen molar-refractivity contribution in [3.05, 3.63) is 100 Å². The molecule has 0 bridgehead atoms. The van der Waals surface area contributed by atoms with Crippen molar-refractivity contribution in [2.45, 2.75) is 18.9 Å². The molecule has 0 aliphatic carbocycles. The zero-order chi connectivity index (χ0) is 23.5. The van der Waals surface area contributed by atoms with Crippen LogP contribution in [-0.4, -0.2) is 12.1 Å². The molecule has 33 heavy (non-hydrogen) atoms. The van der Waals surface area contributed by atoms with Crippen molar-refractivity contribution < 1.29 is 23.4 Å². The molecule has 2 N–H and O–H groups in total. The Morgan fingerprint density at radius 3 is 2.61 bits per heavy atom. The standard InChI is InChI=1S/C25H18ClFN2O4/c1-14(31-21-5-3-2-4-20(21)27)25(30)32-17-10-11-18-22(12-17)33-24(29)19(13-28)23(18)15-6-8-16(26)9-7-15/h2-12,14,23H,29H2,1H3. The molecule has 0 amide bonds. The molecule has 3 aromatic carbocycles. The minimum atomic E-state index is -1.06. The van der Waals surface area contributed by atoms with Gasteiger partial charge in [-0.2, -0.15) is 5.26 Å². The molecule has 4 rings (SSSR count). The van der Waals surface area contributed by atoms with E-state index in [-0.39, 0.29) is 23.0 Å². The second-order valence-corrected chi connectivity index (χ2v) is 7.72. The van der Waals surface area contributed by atoms with Gasteiger partial charge in [0.15, 0.2) is 17.7 Å². The van der Waals surface area contributed by atoms with E-state index in [0.29, 0.717) is 16.3 Å². The number of carbonyl (C=O) groups is 1. The van der Waals surface area contributed by atoms with Crippen molar-refractivity contribution in [3.63, 3.8) is 0 Å². The number of halogens is 2. The van der Waals surface area contributed by atoms with Gasteiger partial charge in [-0.3, -0.25) is 0 Å². The molecule has 0 saturated carbocycles. The summed E-state index contributed by atoms with van der Waals surface area (Å²) < 4.78 is 30.2. The Balaban J connectivity index is 1.58. The van der Waals surface area contributed by atoms with E-state index in [1.807, 2.05) is 12.1 Å². The van der Waals surface area contributed by atoms with Crippen molar-refractivity contribution in [3.8, 4) is 23.3 Å². The quantitative estimate of drug-likeness (QED) is 0.418. The monoisotopic (exact) mass is 464 g/mol. The van der Waals surface area contributed by atoms with Crippen LogP contribution in [0.4, 0.5) is 4.39 Å². The van der Waals surface area contributed by atoms with Crippen molar-refractivity contribution >= 4 is 17.6 Å². The predicted octanol–water partition coefficient (Wildman–Crippen LogP) is 5.07. The van der Waals surface area contributed by atoms with Crippen molar-refractivity contribution in [1.82, 2.24) is 0 Å². The van der Waals surface area contributed by atoms with Crippen LogP contribution in [0, 0.1) is 17.1 Å². The lowest BCUT2D eigenvalue weighted by molar-refractivity contribution is -0.141. The molecular weight excluding hydrogens is 447 g/mol. The summed E-state index contributed by atoms with van der Waals surface area (Å²) in [6.07, 6.45) is -1.06. The molecule has 0 aromatic heterocycles. The highest BCUT2D eigenvalue weighted by Crippen LogP contribution is 2.43. The van der Waals surface area contributed by atoms with E-state index in [0.717, 1.165) is 5.56 Å². The number of nitrogens with zero attached hydrogens (tertiary/aromatic N) is 1. The summed E-state index contributed by atoms with van der Waals surface area (Å²) in [6.45, 7) is 1.46. The third-order valence-electron chi connectivity index (χ3n) is 5.08. The highest BCUT2D eigenvalue weighted by molar-refractivity contribution is 6.30. The molecule has 0 radical (unpaired) electrons. The van der Waals surface area contributed by atoms with Crippen molar-refractivity contribution in [1.29, 1.82) is 5.26 Å². The summed E-state index contributed by atoms with van der Waals surface area (Å²) in [5.41, 5.74) is 7.76. The topological polar surface area (TPSA) is 94.6 Å². The SMILES string of the molecule is CC(Oc1ccccc1F)C(=O)Oc1ccc2c(c1)OC(N)=C(C#N)C2c1ccc(Cl)cc1. The summed E-state index contributed by atoms with van der Waals surface area (Å²) in [4.78, 5) is 12.5. The number of hydrogen-bond donors (Lipinski definition) is 1. The average molecular weight is 465 g/mol. The smallest absolute Gasteiger partial charge is 0.352 e. The van der Waals surface area contributed by atoms with Gasteiger partial charge in [0.1, 0.15) is 23.1 Å². The van der Waals surface area contributed by atoms with Gasteiger partial charge in [0, 0.05) is 16.7 Å². The molecule has 1 heterocycles. The lowest BCUT2D eigenvalue weighted by Crippen LogP contribution is -2.29. The normalized spacial score (nSPS) is 15.6. The summed E-state index contributed by atoms with van der Waals surface area (Å²) >= 11 is 6.00. The molecule has 2 atom stereocenters. The van der Waals surface area contributed by atoms with Crippen molar-refractivity contribution in [2.24, 2.45) is 5.73 Å². The number of nitrogens with two attached hydrogens (primary N) is 1. The largest absolute Gasteiger partial charge is 0.476 e. The first-order valence-corrected chi connectivity index (χ1v) is 10.3. The van der Waals surface area contributed by atoms with Gasteiger partial charge < -0.3 is 19.9 Å². The molecule has 8 heteroatoms. The fraction of sp³-hybridized carbons (Fsp3) is 0.120. The Kier molecular flexibility index (Phi) is 6.20. The van der Waals surface area contributed by atoms with Gasteiger partial charge in [-0.1, -0.05) is 41.9 Å². The Hall–Kier alpha value is -4.02. The number of rotatable bonds is 5. The second kappa shape index (κ2) is 9.23. The van der Waals surface area contributed by atoms with Crippen LogP contribution in [0.5, 0.6) is 17.2 Å². The Morgan fingerprint density at radius 2 is 1.91 bits per heavy atom. The zero-order valence-corrected chi connectivity index (χ0v) is 18.2. The van der Waals surface area contributed by atoms with Crippen LogP contribution in [0.2, 0.25) is 5.02 Å². The molecular formula is C25H18ClFN2O4. The molecule has 1 aliphatic heterocycles. The summed E-state index contributed by atoms with van der Waals surface area (Å²) in [7, 11) is 0. The number of nitriles is 1. The fourth-order valence-electron chi connectivity index (χ4n) is 3.48. The zero-order valence-electron chi connectivity index (χ0n) is 17.4. The maximum absolute atomic E-state index is 13.8. The van der Waals surface area contributed by atoms with Crippen molar-refractivity contribution in [2.75, 3.05) is 0 Å². The number of esters is 1. The summed E-state index contributed by atoms with van der Waals surface area (Å²) in [5.74, 6) is -1.32. The first kappa shape index (κ1) is 22.2. The highest BCUT2D eigenvalue weighted by Gasteiger charge is 2.31. The second-order valence-electron chi connectivity index (χ2n) is 7.29. The van der Waals surface area contributed by atoms with E-state index >= 15 is 0 Å². The van der Waals surface area contributed by atoms with E-state index in [2.05, 4.69) is 6.07 Å². The molecule has 3 aromatic rings. The van der Waals surface area contributed by atoms with Crippen LogP contribution < -0.4 is 19.9 Å². The number of fused-ring (bicyclic) bond motifs is 1. The van der Waals surface area contributed by atoms with Crippen LogP contribution in [0.25, 0.3) is 0 Å². The van der Waals surface area contributed by atoms with Gasteiger partial charge in [0.05, 0.1) is 5.92 Å². The van der Waals surface area contributed by atoms with Crippen LogP contribution in [0.3, 0.4) is 0 Å². The minimum absolute atomic E-state index is 0.0373. The number of para-hydroxylation sites is 1. The van der Waals surface area contributed by atoms with Gasteiger partial charge in [0.2, 0.25) is 5.88 Å². The van der Waals surface area contributed by atoms with Gasteiger partial charge in [-0.25, -0.2) is 9.18 Å². The minimum Gasteiger partial charge on any atom is -0.476 e. The van der Waals surface area contributed by atoms with Gasteiger partial charge in [-0.15, -0.1) is 0 Å². The third kappa shape index (κ3) is 4.61. The highest BCUT2D eigenvalue weighted by atomic mass is 35.5. The molecule has 0 saturated heterocycles. The lowest BCUT2D eigenvalue weighted by atomic mass is 9.83. The molecule has 2 unspecified atom stereocenters. The van der Waals surface area contributed by atoms with E-state index in [1.54, 1.807) is 30.3 Å². The van der Waals surface area contributed by atoms with Crippen LogP contribution >= 0.6 is 11.6 Å². The Labute approximate surface area is 194 Å². The van der Waals surface area contributed by atoms with Gasteiger partial charge in [0.25, 0.3) is 0 Å².